The third-order valence-corrected chi connectivity index (χ3v) is 5.19. The smallest absolute Gasteiger partial charge is 0.211 e. The maximum atomic E-state index is 12.1. The summed E-state index contributed by atoms with van der Waals surface area (Å²) in [5.74, 6) is 0.717. The third-order valence-electron chi connectivity index (χ3n) is 3.78. The van der Waals surface area contributed by atoms with Gasteiger partial charge in [-0.05, 0) is 36.1 Å². The molecule has 0 saturated heterocycles. The molecule has 0 saturated carbocycles. The first-order chi connectivity index (χ1) is 11.5. The maximum absolute atomic E-state index is 12.1. The molecule has 126 valence electrons. The lowest BCUT2D eigenvalue weighted by Crippen LogP contribution is -2.26. The van der Waals surface area contributed by atoms with E-state index in [1.165, 1.54) is 0 Å². The van der Waals surface area contributed by atoms with Crippen molar-refractivity contribution in [3.8, 4) is 0 Å². The molecule has 0 radical (unpaired) electrons. The molecule has 1 heterocycles. The topological polar surface area (TPSA) is 72.2 Å². The van der Waals surface area contributed by atoms with E-state index in [0.29, 0.717) is 17.9 Å². The van der Waals surface area contributed by atoms with Crippen molar-refractivity contribution in [2.45, 2.75) is 26.3 Å². The first-order valence-electron chi connectivity index (χ1n) is 7.89. The van der Waals surface area contributed by atoms with E-state index >= 15 is 0 Å². The van der Waals surface area contributed by atoms with Crippen LogP contribution in [0.4, 0.5) is 0 Å². The zero-order valence-electron chi connectivity index (χ0n) is 13.5. The van der Waals surface area contributed by atoms with Crippen LogP contribution in [0.2, 0.25) is 0 Å². The van der Waals surface area contributed by atoms with Crippen molar-refractivity contribution >= 4 is 21.1 Å². The number of aromatic nitrogens is 1. The minimum absolute atomic E-state index is 0.117. The van der Waals surface area contributed by atoms with Crippen LogP contribution in [0.3, 0.4) is 0 Å². The first kappa shape index (κ1) is 16.7. The summed E-state index contributed by atoms with van der Waals surface area (Å²) in [5.41, 5.74) is 3.46. The predicted molar refractivity (Wildman–Crippen MR) is 94.1 cm³/mol. The molecule has 6 heteroatoms. The molecule has 0 atom stereocenters. The number of hydrogen-bond donors (Lipinski definition) is 1. The Labute approximate surface area is 141 Å². The highest BCUT2D eigenvalue weighted by atomic mass is 32.2. The van der Waals surface area contributed by atoms with Gasteiger partial charge in [0.05, 0.1) is 5.75 Å². The number of rotatable bonds is 7. The van der Waals surface area contributed by atoms with Gasteiger partial charge in [-0.25, -0.2) is 18.1 Å². The Kier molecular flexibility index (Phi) is 4.97. The van der Waals surface area contributed by atoms with Gasteiger partial charge in [0.1, 0.15) is 5.52 Å². The molecule has 24 heavy (non-hydrogen) atoms. The van der Waals surface area contributed by atoms with Gasteiger partial charge >= 0.3 is 0 Å². The normalized spacial score (nSPS) is 11.9. The quantitative estimate of drug-likeness (QED) is 0.714. The van der Waals surface area contributed by atoms with E-state index in [9.17, 15) is 8.42 Å². The zero-order chi connectivity index (χ0) is 17.0. The van der Waals surface area contributed by atoms with Gasteiger partial charge in [0, 0.05) is 13.5 Å². The van der Waals surface area contributed by atoms with Crippen molar-refractivity contribution in [3.05, 3.63) is 65.5 Å². The molecule has 1 aromatic heterocycles. The zero-order valence-corrected chi connectivity index (χ0v) is 14.3. The molecule has 0 fully saturated rings. The van der Waals surface area contributed by atoms with Crippen molar-refractivity contribution in [2.24, 2.45) is 0 Å². The van der Waals surface area contributed by atoms with E-state index in [1.807, 2.05) is 48.5 Å². The number of nitrogens with zero attached hydrogens (tertiary/aromatic N) is 1. The summed E-state index contributed by atoms with van der Waals surface area (Å²) >= 11 is 0. The van der Waals surface area contributed by atoms with Crippen LogP contribution < -0.4 is 4.72 Å². The maximum Gasteiger partial charge on any atom is 0.211 e. The van der Waals surface area contributed by atoms with Crippen LogP contribution in [0.15, 0.2) is 52.9 Å². The Morgan fingerprint density at radius 3 is 2.67 bits per heavy atom. The number of nitrogens with one attached hydrogen (secondary N) is 1. The van der Waals surface area contributed by atoms with Gasteiger partial charge < -0.3 is 4.42 Å². The van der Waals surface area contributed by atoms with Crippen LogP contribution in [0.1, 0.15) is 23.4 Å². The SMILES string of the molecule is Cc1nc2ccc(CNS(=O)(=O)CCCc3ccccc3)cc2o1. The molecule has 1 N–H and O–H groups in total. The van der Waals surface area contributed by atoms with E-state index in [4.69, 9.17) is 4.42 Å². The molecule has 0 aliphatic heterocycles. The second kappa shape index (κ2) is 7.15. The fourth-order valence-electron chi connectivity index (χ4n) is 2.57. The molecular formula is C18H20N2O3S. The van der Waals surface area contributed by atoms with E-state index in [-0.39, 0.29) is 12.3 Å². The van der Waals surface area contributed by atoms with Gasteiger partial charge in [0.25, 0.3) is 0 Å². The second-order valence-electron chi connectivity index (χ2n) is 5.76. The van der Waals surface area contributed by atoms with Gasteiger partial charge in [-0.3, -0.25) is 0 Å². The highest BCUT2D eigenvalue weighted by Gasteiger charge is 2.11. The summed E-state index contributed by atoms with van der Waals surface area (Å²) in [6, 6.07) is 15.4. The number of hydrogen-bond acceptors (Lipinski definition) is 4. The van der Waals surface area contributed by atoms with Gasteiger partial charge in [0.15, 0.2) is 11.5 Å². The summed E-state index contributed by atoms with van der Waals surface area (Å²) in [6.07, 6.45) is 1.35. The van der Waals surface area contributed by atoms with E-state index in [2.05, 4.69) is 9.71 Å². The van der Waals surface area contributed by atoms with Crippen molar-refractivity contribution in [3.63, 3.8) is 0 Å². The van der Waals surface area contributed by atoms with Crippen LogP contribution in [0, 0.1) is 6.92 Å². The Morgan fingerprint density at radius 2 is 1.88 bits per heavy atom. The molecule has 3 rings (SSSR count). The van der Waals surface area contributed by atoms with Crippen LogP contribution in [-0.4, -0.2) is 19.2 Å². The number of fused-ring (bicyclic) bond motifs is 1. The molecule has 0 bridgehead atoms. The first-order valence-corrected chi connectivity index (χ1v) is 9.54. The molecular weight excluding hydrogens is 324 g/mol. The fraction of sp³-hybridized carbons (Fsp3) is 0.278. The Bertz CT molecular complexity index is 918. The Hall–Kier alpha value is -2.18. The molecule has 0 amide bonds. The van der Waals surface area contributed by atoms with E-state index < -0.39 is 10.0 Å². The third kappa shape index (κ3) is 4.43. The van der Waals surface area contributed by atoms with Crippen LogP contribution in [0.5, 0.6) is 0 Å². The summed E-state index contributed by atoms with van der Waals surface area (Å²) in [4.78, 5) is 4.23. The Morgan fingerprint density at radius 1 is 1.08 bits per heavy atom. The summed E-state index contributed by atoms with van der Waals surface area (Å²) < 4.78 is 32.3. The minimum Gasteiger partial charge on any atom is -0.441 e. The van der Waals surface area contributed by atoms with Crippen LogP contribution in [-0.2, 0) is 23.0 Å². The summed E-state index contributed by atoms with van der Waals surface area (Å²) in [5, 5.41) is 0. The number of sulfonamides is 1. The molecule has 0 aliphatic rings. The molecule has 0 aliphatic carbocycles. The molecule has 5 nitrogen and oxygen atoms in total. The van der Waals surface area contributed by atoms with E-state index in [0.717, 1.165) is 23.1 Å². The van der Waals surface area contributed by atoms with Crippen molar-refractivity contribution in [1.82, 2.24) is 9.71 Å². The van der Waals surface area contributed by atoms with Crippen LogP contribution >= 0.6 is 0 Å². The van der Waals surface area contributed by atoms with Gasteiger partial charge in [0.2, 0.25) is 10.0 Å². The monoisotopic (exact) mass is 344 g/mol. The minimum atomic E-state index is -3.29. The van der Waals surface area contributed by atoms with Gasteiger partial charge in [-0.2, -0.15) is 0 Å². The largest absolute Gasteiger partial charge is 0.441 e. The standard InChI is InChI=1S/C18H20N2O3S/c1-14-20-17-10-9-16(12-18(17)23-14)13-19-24(21,22)11-5-8-15-6-3-2-4-7-15/h2-4,6-7,9-10,12,19H,5,8,11,13H2,1H3. The number of benzene rings is 2. The average molecular weight is 344 g/mol. The second-order valence-corrected chi connectivity index (χ2v) is 7.69. The highest BCUT2D eigenvalue weighted by molar-refractivity contribution is 7.89. The molecule has 0 unspecified atom stereocenters. The highest BCUT2D eigenvalue weighted by Crippen LogP contribution is 2.17. The molecule has 3 aromatic rings. The average Bonchev–Trinajstić information content (AvgIpc) is 2.93. The fourth-order valence-corrected chi connectivity index (χ4v) is 3.63. The lowest BCUT2D eigenvalue weighted by Gasteiger charge is -2.07. The van der Waals surface area contributed by atoms with Crippen LogP contribution in [0.25, 0.3) is 11.1 Å². The van der Waals surface area contributed by atoms with E-state index in [1.54, 1.807) is 6.92 Å². The summed E-state index contributed by atoms with van der Waals surface area (Å²) in [6.45, 7) is 2.04. The number of aryl methyl sites for hydroxylation is 2. The van der Waals surface area contributed by atoms with Gasteiger partial charge in [-0.15, -0.1) is 0 Å². The van der Waals surface area contributed by atoms with Crippen molar-refractivity contribution in [2.75, 3.05) is 5.75 Å². The summed E-state index contributed by atoms with van der Waals surface area (Å²) in [7, 11) is -3.29. The molecule has 2 aromatic carbocycles. The molecule has 0 spiro atoms. The predicted octanol–water partition coefficient (Wildman–Crippen LogP) is 3.19. The van der Waals surface area contributed by atoms with Crippen molar-refractivity contribution < 1.29 is 12.8 Å². The number of oxazole rings is 1. The lowest BCUT2D eigenvalue weighted by molar-refractivity contribution is 0.560. The lowest BCUT2D eigenvalue weighted by atomic mass is 10.1. The van der Waals surface area contributed by atoms with Crippen molar-refractivity contribution in [1.29, 1.82) is 0 Å². The Balaban J connectivity index is 1.53. The van der Waals surface area contributed by atoms with Gasteiger partial charge in [-0.1, -0.05) is 36.4 Å².